The molecular weight excluding hydrogens is 208 g/mol. The van der Waals surface area contributed by atoms with Crippen LogP contribution in [0.15, 0.2) is 10.5 Å². The van der Waals surface area contributed by atoms with Crippen molar-refractivity contribution in [3.8, 4) is 10.6 Å². The summed E-state index contributed by atoms with van der Waals surface area (Å²) in [4.78, 5) is 0. The molecule has 0 spiro atoms. The zero-order chi connectivity index (χ0) is 9.42. The second kappa shape index (κ2) is 3.12. The van der Waals surface area contributed by atoms with E-state index < -0.39 is 0 Å². The largest absolute Gasteiger partial charge is 0.466 e. The summed E-state index contributed by atoms with van der Waals surface area (Å²) in [5.74, 6) is 1.73. The molecule has 0 bridgehead atoms. The van der Waals surface area contributed by atoms with E-state index in [1.807, 2.05) is 19.9 Å². The number of aromatic nitrogens is 2. The van der Waals surface area contributed by atoms with Crippen LogP contribution in [0, 0.1) is 13.8 Å². The maximum atomic E-state index is 5.68. The Morgan fingerprint density at radius 1 is 1.38 bits per heavy atom. The first kappa shape index (κ1) is 8.72. The predicted molar refractivity (Wildman–Crippen MR) is 52.1 cm³/mol. The Kier molecular flexibility index (Phi) is 2.09. The van der Waals surface area contributed by atoms with Crippen LogP contribution in [-0.4, -0.2) is 10.2 Å². The smallest absolute Gasteiger partial charge is 0.207 e. The first-order valence-corrected chi connectivity index (χ1v) is 4.92. The van der Waals surface area contributed by atoms with Crippen molar-refractivity contribution in [2.24, 2.45) is 0 Å². The van der Waals surface area contributed by atoms with Crippen molar-refractivity contribution in [1.82, 2.24) is 10.2 Å². The van der Waals surface area contributed by atoms with Gasteiger partial charge in [0.15, 0.2) is 5.01 Å². The molecule has 0 N–H and O–H groups in total. The topological polar surface area (TPSA) is 38.9 Å². The van der Waals surface area contributed by atoms with Crippen LogP contribution in [0.5, 0.6) is 0 Å². The summed E-state index contributed by atoms with van der Waals surface area (Å²) in [6, 6.07) is 1.94. The van der Waals surface area contributed by atoms with Gasteiger partial charge < -0.3 is 4.42 Å². The maximum Gasteiger partial charge on any atom is 0.207 e. The Bertz CT molecular complexity index is 435. The van der Waals surface area contributed by atoms with E-state index in [0.29, 0.717) is 4.47 Å². The highest BCUT2D eigenvalue weighted by Crippen LogP contribution is 2.30. The summed E-state index contributed by atoms with van der Waals surface area (Å²) in [6.07, 6.45) is 0. The molecule has 0 aliphatic heterocycles. The average Bonchev–Trinajstić information content (AvgIpc) is 2.58. The lowest BCUT2D eigenvalue weighted by molar-refractivity contribution is 0.505. The number of halogens is 1. The third-order valence-corrected chi connectivity index (χ3v) is 2.72. The second-order valence-corrected chi connectivity index (χ2v) is 4.25. The second-order valence-electron chi connectivity index (χ2n) is 2.69. The SMILES string of the molecule is Cc1cc(-c2nnc(Cl)s2)c(C)o1. The average molecular weight is 215 g/mol. The van der Waals surface area contributed by atoms with Gasteiger partial charge in [0.05, 0.1) is 5.56 Å². The molecule has 0 aliphatic carbocycles. The molecule has 0 radical (unpaired) electrons. The van der Waals surface area contributed by atoms with Gasteiger partial charge in [0.2, 0.25) is 4.47 Å². The van der Waals surface area contributed by atoms with Gasteiger partial charge in [0.25, 0.3) is 0 Å². The normalized spacial score (nSPS) is 10.7. The van der Waals surface area contributed by atoms with E-state index >= 15 is 0 Å². The van der Waals surface area contributed by atoms with Crippen molar-refractivity contribution in [2.75, 3.05) is 0 Å². The molecule has 2 aromatic rings. The Morgan fingerprint density at radius 3 is 2.62 bits per heavy atom. The number of furan rings is 1. The first-order chi connectivity index (χ1) is 6.16. The fraction of sp³-hybridized carbons (Fsp3) is 0.250. The molecule has 5 heteroatoms. The van der Waals surface area contributed by atoms with Gasteiger partial charge in [-0.15, -0.1) is 10.2 Å². The predicted octanol–water partition coefficient (Wildman–Crippen LogP) is 3.07. The molecule has 3 nitrogen and oxygen atoms in total. The van der Waals surface area contributed by atoms with Gasteiger partial charge in [0, 0.05) is 0 Å². The maximum absolute atomic E-state index is 5.68. The van der Waals surface area contributed by atoms with E-state index in [1.54, 1.807) is 0 Å². The molecule has 0 fully saturated rings. The quantitative estimate of drug-likeness (QED) is 0.733. The Balaban J connectivity index is 2.51. The molecule has 0 aliphatic rings. The van der Waals surface area contributed by atoms with Crippen molar-refractivity contribution < 1.29 is 4.42 Å². The lowest BCUT2D eigenvalue weighted by Gasteiger charge is -1.87. The van der Waals surface area contributed by atoms with Crippen LogP contribution in [0.2, 0.25) is 4.47 Å². The minimum Gasteiger partial charge on any atom is -0.466 e. The fourth-order valence-corrected chi connectivity index (χ4v) is 2.05. The minimum absolute atomic E-state index is 0.452. The van der Waals surface area contributed by atoms with Gasteiger partial charge in [0.1, 0.15) is 11.5 Å². The summed E-state index contributed by atoms with van der Waals surface area (Å²) in [7, 11) is 0. The van der Waals surface area contributed by atoms with E-state index in [9.17, 15) is 0 Å². The van der Waals surface area contributed by atoms with Crippen molar-refractivity contribution in [1.29, 1.82) is 0 Å². The molecular formula is C8H7ClN2OS. The monoisotopic (exact) mass is 214 g/mol. The number of hydrogen-bond acceptors (Lipinski definition) is 4. The number of hydrogen-bond donors (Lipinski definition) is 0. The molecule has 68 valence electrons. The number of aryl methyl sites for hydroxylation is 2. The molecule has 0 aromatic carbocycles. The third kappa shape index (κ3) is 1.59. The molecule has 2 heterocycles. The number of rotatable bonds is 1. The molecule has 2 rings (SSSR count). The number of nitrogens with zero attached hydrogens (tertiary/aromatic N) is 2. The van der Waals surface area contributed by atoms with Crippen molar-refractivity contribution in [2.45, 2.75) is 13.8 Å². The summed E-state index contributed by atoms with van der Waals surface area (Å²) in [5.41, 5.74) is 0.974. The Labute approximate surface area is 84.4 Å². The highest BCUT2D eigenvalue weighted by molar-refractivity contribution is 7.18. The standard InChI is InChI=1S/C8H7ClN2OS/c1-4-3-6(5(2)12-4)7-10-11-8(9)13-7/h3H,1-2H3. The van der Waals surface area contributed by atoms with E-state index in [2.05, 4.69) is 10.2 Å². The summed E-state index contributed by atoms with van der Waals surface area (Å²) >= 11 is 7.04. The van der Waals surface area contributed by atoms with Crippen LogP contribution < -0.4 is 0 Å². The van der Waals surface area contributed by atoms with E-state index in [-0.39, 0.29) is 0 Å². The highest BCUT2D eigenvalue weighted by Gasteiger charge is 2.11. The summed E-state index contributed by atoms with van der Waals surface area (Å²) in [6.45, 7) is 3.80. The third-order valence-electron chi connectivity index (χ3n) is 1.67. The zero-order valence-electron chi connectivity index (χ0n) is 7.17. The van der Waals surface area contributed by atoms with Gasteiger partial charge in [-0.2, -0.15) is 0 Å². The molecule has 13 heavy (non-hydrogen) atoms. The van der Waals surface area contributed by atoms with Crippen LogP contribution >= 0.6 is 22.9 Å². The lowest BCUT2D eigenvalue weighted by atomic mass is 10.2. The molecule has 0 saturated carbocycles. The van der Waals surface area contributed by atoms with Gasteiger partial charge >= 0.3 is 0 Å². The summed E-state index contributed by atoms with van der Waals surface area (Å²) < 4.78 is 5.83. The summed E-state index contributed by atoms with van der Waals surface area (Å²) in [5, 5.41) is 8.48. The molecule has 0 atom stereocenters. The Morgan fingerprint density at radius 2 is 2.15 bits per heavy atom. The van der Waals surface area contributed by atoms with Crippen molar-refractivity contribution >= 4 is 22.9 Å². The molecule has 0 saturated heterocycles. The zero-order valence-corrected chi connectivity index (χ0v) is 8.74. The Hall–Kier alpha value is -0.870. The van der Waals surface area contributed by atoms with E-state index in [0.717, 1.165) is 22.1 Å². The highest BCUT2D eigenvalue weighted by atomic mass is 35.5. The van der Waals surface area contributed by atoms with Crippen molar-refractivity contribution in [3.05, 3.63) is 22.1 Å². The van der Waals surface area contributed by atoms with Crippen LogP contribution in [0.4, 0.5) is 0 Å². The van der Waals surface area contributed by atoms with Gasteiger partial charge in [-0.3, -0.25) is 0 Å². The van der Waals surface area contributed by atoms with Crippen LogP contribution in [0.25, 0.3) is 10.6 Å². The molecule has 2 aromatic heterocycles. The van der Waals surface area contributed by atoms with Crippen LogP contribution in [-0.2, 0) is 0 Å². The minimum atomic E-state index is 0.452. The van der Waals surface area contributed by atoms with Gasteiger partial charge in [-0.1, -0.05) is 11.3 Å². The molecule has 0 amide bonds. The first-order valence-electron chi connectivity index (χ1n) is 3.73. The van der Waals surface area contributed by atoms with E-state index in [1.165, 1.54) is 11.3 Å². The van der Waals surface area contributed by atoms with Gasteiger partial charge in [-0.05, 0) is 31.5 Å². The van der Waals surface area contributed by atoms with Crippen LogP contribution in [0.3, 0.4) is 0 Å². The van der Waals surface area contributed by atoms with Gasteiger partial charge in [-0.25, -0.2) is 0 Å². The molecule has 0 unspecified atom stereocenters. The fourth-order valence-electron chi connectivity index (χ4n) is 1.16. The lowest BCUT2D eigenvalue weighted by Crippen LogP contribution is -1.75. The van der Waals surface area contributed by atoms with Crippen LogP contribution in [0.1, 0.15) is 11.5 Å². The van der Waals surface area contributed by atoms with E-state index in [4.69, 9.17) is 16.0 Å². The van der Waals surface area contributed by atoms with Crippen molar-refractivity contribution in [3.63, 3.8) is 0 Å².